The highest BCUT2D eigenvalue weighted by Gasteiger charge is 2.15. The van der Waals surface area contributed by atoms with Gasteiger partial charge in [0.05, 0.1) is 12.8 Å². The van der Waals surface area contributed by atoms with Crippen molar-refractivity contribution in [2.45, 2.75) is 33.6 Å². The third kappa shape index (κ3) is 5.09. The molecule has 6 heteroatoms. The van der Waals surface area contributed by atoms with Gasteiger partial charge in [-0.15, -0.1) is 11.3 Å². The average Bonchev–Trinajstić information content (AvgIpc) is 3.08. The molecule has 0 fully saturated rings. The summed E-state index contributed by atoms with van der Waals surface area (Å²) in [6.07, 6.45) is 0.300. The minimum absolute atomic E-state index is 0.0180. The molecule has 1 amide bonds. The van der Waals surface area contributed by atoms with Crippen LogP contribution >= 0.6 is 11.3 Å². The molecule has 0 bridgehead atoms. The molecule has 2 aromatic carbocycles. The highest BCUT2D eigenvalue weighted by atomic mass is 32.1. The molecule has 150 valence electrons. The molecule has 0 atom stereocenters. The van der Waals surface area contributed by atoms with E-state index in [1.807, 2.05) is 63.2 Å². The first-order chi connectivity index (χ1) is 13.9. The summed E-state index contributed by atoms with van der Waals surface area (Å²) in [6.45, 7) is 5.83. The summed E-state index contributed by atoms with van der Waals surface area (Å²) < 4.78 is 5.18. The third-order valence-corrected chi connectivity index (χ3v) is 5.57. The maximum atomic E-state index is 12.5. The summed E-state index contributed by atoms with van der Waals surface area (Å²) in [7, 11) is 1.63. The van der Waals surface area contributed by atoms with E-state index in [4.69, 9.17) is 4.74 Å². The Morgan fingerprint density at radius 1 is 1.03 bits per heavy atom. The summed E-state index contributed by atoms with van der Waals surface area (Å²) in [5, 5.41) is 3.36. The van der Waals surface area contributed by atoms with Crippen LogP contribution in [0.25, 0.3) is 11.3 Å². The van der Waals surface area contributed by atoms with Gasteiger partial charge in [-0.1, -0.05) is 17.7 Å². The number of hydrogen-bond donors (Lipinski definition) is 1. The quantitative estimate of drug-likeness (QED) is 0.536. The Balaban J connectivity index is 1.62. The molecule has 5 nitrogen and oxygen atoms in total. The Kier molecular flexibility index (Phi) is 6.44. The van der Waals surface area contributed by atoms with Crippen LogP contribution in [0.15, 0.2) is 42.5 Å². The van der Waals surface area contributed by atoms with E-state index in [0.29, 0.717) is 10.7 Å². The van der Waals surface area contributed by atoms with Gasteiger partial charge in [-0.25, -0.2) is 4.98 Å². The van der Waals surface area contributed by atoms with Crippen LogP contribution in [0.3, 0.4) is 0 Å². The van der Waals surface area contributed by atoms with Gasteiger partial charge in [-0.3, -0.25) is 9.59 Å². The fourth-order valence-corrected chi connectivity index (χ4v) is 3.90. The number of rotatable bonds is 7. The molecule has 0 aliphatic rings. The lowest BCUT2D eigenvalue weighted by atomic mass is 9.99. The van der Waals surface area contributed by atoms with Gasteiger partial charge in [-0.2, -0.15) is 0 Å². The number of thiazole rings is 1. The molecule has 0 aliphatic heterocycles. The first-order valence-electron chi connectivity index (χ1n) is 9.39. The number of benzene rings is 2. The van der Waals surface area contributed by atoms with Gasteiger partial charge < -0.3 is 10.1 Å². The van der Waals surface area contributed by atoms with Crippen molar-refractivity contribution in [1.29, 1.82) is 0 Å². The number of nitrogens with one attached hydrogen (secondary N) is 1. The van der Waals surface area contributed by atoms with Gasteiger partial charge in [0, 0.05) is 28.8 Å². The lowest BCUT2D eigenvalue weighted by molar-refractivity contribution is -0.116. The van der Waals surface area contributed by atoms with Crippen LogP contribution in [-0.4, -0.2) is 23.8 Å². The SMILES string of the molecule is COc1ccc(-c2nc(NC(=O)CCC(=O)c3cc(C)ccc3C)sc2C)cc1. The maximum absolute atomic E-state index is 12.5. The number of carbonyl (C=O) groups is 2. The number of methoxy groups -OCH3 is 1. The molecule has 0 radical (unpaired) electrons. The number of aromatic nitrogens is 1. The van der Waals surface area contributed by atoms with Gasteiger partial charge in [-0.05, 0) is 56.7 Å². The number of ketones is 1. The second kappa shape index (κ2) is 9.01. The van der Waals surface area contributed by atoms with Crippen molar-refractivity contribution < 1.29 is 14.3 Å². The van der Waals surface area contributed by atoms with E-state index in [1.165, 1.54) is 11.3 Å². The van der Waals surface area contributed by atoms with Crippen molar-refractivity contribution in [3.05, 3.63) is 64.0 Å². The van der Waals surface area contributed by atoms with E-state index >= 15 is 0 Å². The van der Waals surface area contributed by atoms with Crippen LogP contribution in [0, 0.1) is 20.8 Å². The summed E-state index contributed by atoms with van der Waals surface area (Å²) >= 11 is 1.42. The normalized spacial score (nSPS) is 10.6. The molecule has 0 unspecified atom stereocenters. The number of nitrogens with zero attached hydrogens (tertiary/aromatic N) is 1. The molecular weight excluding hydrogens is 384 g/mol. The first kappa shape index (κ1) is 20.7. The molecular formula is C23H24N2O3S. The summed E-state index contributed by atoms with van der Waals surface area (Å²) in [5.41, 5.74) is 4.45. The van der Waals surface area contributed by atoms with Crippen LogP contribution in [0.1, 0.15) is 39.2 Å². The molecule has 0 saturated carbocycles. The lowest BCUT2D eigenvalue weighted by Gasteiger charge is -2.06. The van der Waals surface area contributed by atoms with Crippen molar-refractivity contribution in [2.75, 3.05) is 12.4 Å². The van der Waals surface area contributed by atoms with Crippen molar-refractivity contribution >= 4 is 28.2 Å². The van der Waals surface area contributed by atoms with Crippen molar-refractivity contribution in [3.8, 4) is 17.0 Å². The van der Waals surface area contributed by atoms with E-state index < -0.39 is 0 Å². The van der Waals surface area contributed by atoms with Crippen molar-refractivity contribution in [2.24, 2.45) is 0 Å². The van der Waals surface area contributed by atoms with E-state index in [2.05, 4.69) is 10.3 Å². The number of hydrogen-bond acceptors (Lipinski definition) is 5. The Hall–Kier alpha value is -2.99. The average molecular weight is 409 g/mol. The zero-order chi connectivity index (χ0) is 21.0. The third-order valence-electron chi connectivity index (χ3n) is 4.68. The number of aryl methyl sites for hydroxylation is 3. The smallest absolute Gasteiger partial charge is 0.226 e. The first-order valence-corrected chi connectivity index (χ1v) is 10.2. The molecule has 29 heavy (non-hydrogen) atoms. The Morgan fingerprint density at radius 3 is 2.45 bits per heavy atom. The summed E-state index contributed by atoms with van der Waals surface area (Å²) in [6, 6.07) is 13.4. The predicted octanol–water partition coefficient (Wildman–Crippen LogP) is 5.35. The summed E-state index contributed by atoms with van der Waals surface area (Å²) in [5.74, 6) is 0.554. The number of ether oxygens (including phenoxy) is 1. The second-order valence-electron chi connectivity index (χ2n) is 6.94. The highest BCUT2D eigenvalue weighted by Crippen LogP contribution is 2.31. The van der Waals surface area contributed by atoms with Gasteiger partial charge in [0.25, 0.3) is 0 Å². The molecule has 3 aromatic rings. The van der Waals surface area contributed by atoms with Gasteiger partial charge in [0.1, 0.15) is 5.75 Å². The van der Waals surface area contributed by atoms with Gasteiger partial charge in [0.15, 0.2) is 10.9 Å². The number of carbonyl (C=O) groups excluding carboxylic acids is 2. The molecule has 0 saturated heterocycles. The van der Waals surface area contributed by atoms with Crippen LogP contribution < -0.4 is 10.1 Å². The zero-order valence-electron chi connectivity index (χ0n) is 17.0. The Labute approximate surface area is 174 Å². The zero-order valence-corrected chi connectivity index (χ0v) is 17.9. The Bertz CT molecular complexity index is 1040. The molecule has 1 heterocycles. The van der Waals surface area contributed by atoms with E-state index in [-0.39, 0.29) is 24.5 Å². The standard InChI is InChI=1S/C23H24N2O3S/c1-14-5-6-15(2)19(13-14)20(26)11-12-21(27)24-23-25-22(16(3)29-23)17-7-9-18(28-4)10-8-17/h5-10,13H,11-12H2,1-4H3,(H,24,25,27). The van der Waals surface area contributed by atoms with Gasteiger partial charge in [0.2, 0.25) is 5.91 Å². The monoisotopic (exact) mass is 408 g/mol. The Morgan fingerprint density at radius 2 is 1.76 bits per heavy atom. The van der Waals surface area contributed by atoms with E-state index in [9.17, 15) is 9.59 Å². The molecule has 0 aliphatic carbocycles. The topological polar surface area (TPSA) is 68.3 Å². The van der Waals surface area contributed by atoms with Crippen LogP contribution in [0.2, 0.25) is 0 Å². The molecule has 0 spiro atoms. The fraction of sp³-hybridized carbons (Fsp3) is 0.261. The fourth-order valence-electron chi connectivity index (χ4n) is 3.05. The highest BCUT2D eigenvalue weighted by molar-refractivity contribution is 7.16. The minimum Gasteiger partial charge on any atom is -0.497 e. The number of anilines is 1. The lowest BCUT2D eigenvalue weighted by Crippen LogP contribution is -2.13. The summed E-state index contributed by atoms with van der Waals surface area (Å²) in [4.78, 5) is 30.4. The molecule has 1 aromatic heterocycles. The largest absolute Gasteiger partial charge is 0.497 e. The number of amides is 1. The van der Waals surface area contributed by atoms with Gasteiger partial charge >= 0.3 is 0 Å². The van der Waals surface area contributed by atoms with Crippen molar-refractivity contribution in [1.82, 2.24) is 4.98 Å². The number of Topliss-reactive ketones (excluding diaryl/α,β-unsaturated/α-hetero) is 1. The van der Waals surface area contributed by atoms with Crippen LogP contribution in [-0.2, 0) is 4.79 Å². The predicted molar refractivity (Wildman–Crippen MR) is 117 cm³/mol. The minimum atomic E-state index is -0.210. The maximum Gasteiger partial charge on any atom is 0.226 e. The van der Waals surface area contributed by atoms with Crippen LogP contribution in [0.4, 0.5) is 5.13 Å². The van der Waals surface area contributed by atoms with Crippen LogP contribution in [0.5, 0.6) is 5.75 Å². The second-order valence-corrected chi connectivity index (χ2v) is 8.15. The van der Waals surface area contributed by atoms with E-state index in [1.54, 1.807) is 7.11 Å². The molecule has 1 N–H and O–H groups in total. The van der Waals surface area contributed by atoms with E-state index in [0.717, 1.165) is 33.0 Å². The van der Waals surface area contributed by atoms with Crippen molar-refractivity contribution in [3.63, 3.8) is 0 Å². The molecule has 3 rings (SSSR count).